The number of hydrogen-bond donors (Lipinski definition) is 1. The van der Waals surface area contributed by atoms with E-state index in [0.29, 0.717) is 0 Å². The maximum atomic E-state index is 4.33. The molecule has 1 aromatic carbocycles. The Morgan fingerprint density at radius 1 is 1.21 bits per heavy atom. The summed E-state index contributed by atoms with van der Waals surface area (Å²) in [5.74, 6) is 2.21. The summed E-state index contributed by atoms with van der Waals surface area (Å²) in [6.07, 6.45) is 4.84. The summed E-state index contributed by atoms with van der Waals surface area (Å²) in [7, 11) is 0. The van der Waals surface area contributed by atoms with E-state index in [1.54, 1.807) is 0 Å². The van der Waals surface area contributed by atoms with E-state index in [9.17, 15) is 0 Å². The number of aromatic nitrogens is 3. The first-order valence-corrected chi connectivity index (χ1v) is 7.04. The van der Waals surface area contributed by atoms with Crippen molar-refractivity contribution < 1.29 is 0 Å². The Balaban J connectivity index is 1.72. The summed E-state index contributed by atoms with van der Waals surface area (Å²) in [5, 5.41) is 12.1. The van der Waals surface area contributed by atoms with Crippen LogP contribution in [0.4, 0.5) is 5.69 Å². The van der Waals surface area contributed by atoms with Gasteiger partial charge in [0, 0.05) is 18.7 Å². The van der Waals surface area contributed by atoms with Crippen LogP contribution in [0.2, 0.25) is 0 Å². The van der Waals surface area contributed by atoms with Gasteiger partial charge in [0.2, 0.25) is 0 Å². The predicted molar refractivity (Wildman–Crippen MR) is 76.1 cm³/mol. The molecule has 3 rings (SSSR count). The molecule has 0 amide bonds. The smallest absolute Gasteiger partial charge is 0.152 e. The van der Waals surface area contributed by atoms with Gasteiger partial charge in [-0.15, -0.1) is 10.2 Å². The summed E-state index contributed by atoms with van der Waals surface area (Å²) in [5.41, 5.74) is 2.41. The van der Waals surface area contributed by atoms with E-state index in [1.165, 1.54) is 24.8 Å². The average molecular weight is 256 g/mol. The fourth-order valence-corrected chi connectivity index (χ4v) is 2.61. The number of nitrogens with one attached hydrogen (secondary N) is 1. The quantitative estimate of drug-likeness (QED) is 0.918. The Morgan fingerprint density at radius 2 is 2.16 bits per heavy atom. The van der Waals surface area contributed by atoms with Crippen LogP contribution >= 0.6 is 0 Å². The van der Waals surface area contributed by atoms with Gasteiger partial charge in [0.1, 0.15) is 5.82 Å². The highest BCUT2D eigenvalue weighted by Crippen LogP contribution is 2.16. The van der Waals surface area contributed by atoms with Crippen molar-refractivity contribution in [1.82, 2.24) is 14.8 Å². The van der Waals surface area contributed by atoms with Crippen molar-refractivity contribution in [2.75, 3.05) is 5.32 Å². The Hall–Kier alpha value is -1.84. The molecule has 0 saturated heterocycles. The van der Waals surface area contributed by atoms with Crippen molar-refractivity contribution in [3.8, 4) is 0 Å². The van der Waals surface area contributed by atoms with Gasteiger partial charge in [-0.3, -0.25) is 0 Å². The zero-order valence-corrected chi connectivity index (χ0v) is 11.4. The maximum Gasteiger partial charge on any atom is 0.152 e. The van der Waals surface area contributed by atoms with Crippen LogP contribution < -0.4 is 5.32 Å². The van der Waals surface area contributed by atoms with Crippen LogP contribution in [0.1, 0.15) is 36.5 Å². The molecule has 1 aliphatic heterocycles. The number of fused-ring (bicyclic) bond motifs is 1. The predicted octanol–water partition coefficient (Wildman–Crippen LogP) is 2.93. The number of nitrogens with zero attached hydrogens (tertiary/aromatic N) is 3. The van der Waals surface area contributed by atoms with Crippen LogP contribution in [0, 0.1) is 6.92 Å². The molecule has 0 fully saturated rings. The molecule has 19 heavy (non-hydrogen) atoms. The number of hydrogen-bond acceptors (Lipinski definition) is 3. The lowest BCUT2D eigenvalue weighted by atomic mass is 10.2. The first kappa shape index (κ1) is 12.2. The maximum absolute atomic E-state index is 4.33. The highest BCUT2D eigenvalue weighted by atomic mass is 15.3. The van der Waals surface area contributed by atoms with E-state index < -0.39 is 0 Å². The van der Waals surface area contributed by atoms with Gasteiger partial charge in [-0.1, -0.05) is 18.6 Å². The third-order valence-electron chi connectivity index (χ3n) is 3.65. The summed E-state index contributed by atoms with van der Waals surface area (Å²) >= 11 is 0. The number of anilines is 1. The van der Waals surface area contributed by atoms with Crippen LogP contribution in [-0.2, 0) is 19.5 Å². The third kappa shape index (κ3) is 2.78. The Kier molecular flexibility index (Phi) is 3.49. The van der Waals surface area contributed by atoms with E-state index in [4.69, 9.17) is 0 Å². The van der Waals surface area contributed by atoms with Crippen LogP contribution in [0.5, 0.6) is 0 Å². The second-order valence-electron chi connectivity index (χ2n) is 5.22. The lowest BCUT2D eigenvalue weighted by Gasteiger charge is -2.09. The molecule has 0 unspecified atom stereocenters. The minimum atomic E-state index is 0.746. The second-order valence-corrected chi connectivity index (χ2v) is 5.22. The lowest BCUT2D eigenvalue weighted by Crippen LogP contribution is -2.10. The molecule has 1 aromatic heterocycles. The molecule has 100 valence electrons. The van der Waals surface area contributed by atoms with Crippen molar-refractivity contribution in [1.29, 1.82) is 0 Å². The van der Waals surface area contributed by atoms with Crippen molar-refractivity contribution >= 4 is 5.69 Å². The second kappa shape index (κ2) is 5.43. The van der Waals surface area contributed by atoms with Gasteiger partial charge in [-0.05, 0) is 37.5 Å². The topological polar surface area (TPSA) is 42.7 Å². The molecule has 2 aromatic rings. The van der Waals surface area contributed by atoms with E-state index in [1.807, 2.05) is 0 Å². The highest BCUT2D eigenvalue weighted by Gasteiger charge is 2.14. The molecule has 1 aliphatic rings. The van der Waals surface area contributed by atoms with Crippen molar-refractivity contribution in [3.63, 3.8) is 0 Å². The van der Waals surface area contributed by atoms with E-state index in [-0.39, 0.29) is 0 Å². The molecule has 0 saturated carbocycles. The van der Waals surface area contributed by atoms with Gasteiger partial charge in [-0.2, -0.15) is 0 Å². The van der Waals surface area contributed by atoms with Crippen molar-refractivity contribution in [2.24, 2.45) is 0 Å². The SMILES string of the molecule is Cc1cccc(NCc2nnc3n2CCCCC3)c1. The zero-order chi connectivity index (χ0) is 13.1. The molecule has 0 atom stereocenters. The molecular formula is C15H20N4. The molecule has 0 radical (unpaired) electrons. The van der Waals surface area contributed by atoms with Gasteiger partial charge >= 0.3 is 0 Å². The molecule has 2 heterocycles. The van der Waals surface area contributed by atoms with E-state index in [2.05, 4.69) is 51.3 Å². The van der Waals surface area contributed by atoms with Gasteiger partial charge in [0.25, 0.3) is 0 Å². The lowest BCUT2D eigenvalue weighted by molar-refractivity contribution is 0.610. The largest absolute Gasteiger partial charge is 0.378 e. The Bertz CT molecular complexity index is 559. The van der Waals surface area contributed by atoms with E-state index >= 15 is 0 Å². The normalized spacial score (nSPS) is 14.8. The van der Waals surface area contributed by atoms with Crippen LogP contribution in [0.3, 0.4) is 0 Å². The van der Waals surface area contributed by atoms with Gasteiger partial charge in [-0.25, -0.2) is 0 Å². The van der Waals surface area contributed by atoms with Gasteiger partial charge in [0.15, 0.2) is 5.82 Å². The van der Waals surface area contributed by atoms with Gasteiger partial charge in [0.05, 0.1) is 6.54 Å². The zero-order valence-electron chi connectivity index (χ0n) is 11.4. The summed E-state index contributed by atoms with van der Waals surface area (Å²) in [6, 6.07) is 8.42. The molecule has 4 nitrogen and oxygen atoms in total. The van der Waals surface area contributed by atoms with Crippen molar-refractivity contribution in [2.45, 2.75) is 45.7 Å². The monoisotopic (exact) mass is 256 g/mol. The standard InChI is InChI=1S/C15H20N4/c1-12-6-5-7-13(10-12)16-11-15-18-17-14-8-3-2-4-9-19(14)15/h5-7,10,16H,2-4,8-9,11H2,1H3. The van der Waals surface area contributed by atoms with Crippen LogP contribution in [0.15, 0.2) is 24.3 Å². The molecule has 0 spiro atoms. The number of rotatable bonds is 3. The first-order chi connectivity index (χ1) is 9.33. The Morgan fingerprint density at radius 3 is 3.05 bits per heavy atom. The molecule has 1 N–H and O–H groups in total. The average Bonchev–Trinajstić information content (AvgIpc) is 2.64. The molecule has 0 bridgehead atoms. The first-order valence-electron chi connectivity index (χ1n) is 7.04. The molecule has 0 aliphatic carbocycles. The fraction of sp³-hybridized carbons (Fsp3) is 0.467. The van der Waals surface area contributed by atoms with Crippen LogP contribution in [-0.4, -0.2) is 14.8 Å². The number of aryl methyl sites for hydroxylation is 2. The minimum absolute atomic E-state index is 0.746. The summed E-state index contributed by atoms with van der Waals surface area (Å²) < 4.78 is 2.29. The summed E-state index contributed by atoms with van der Waals surface area (Å²) in [6.45, 7) is 3.91. The number of benzene rings is 1. The highest BCUT2D eigenvalue weighted by molar-refractivity contribution is 5.45. The minimum Gasteiger partial charge on any atom is -0.378 e. The molecular weight excluding hydrogens is 236 g/mol. The van der Waals surface area contributed by atoms with Crippen molar-refractivity contribution in [3.05, 3.63) is 41.5 Å². The fourth-order valence-electron chi connectivity index (χ4n) is 2.61. The summed E-state index contributed by atoms with van der Waals surface area (Å²) in [4.78, 5) is 0. The van der Waals surface area contributed by atoms with Crippen LogP contribution in [0.25, 0.3) is 0 Å². The van der Waals surface area contributed by atoms with E-state index in [0.717, 1.165) is 36.8 Å². The van der Waals surface area contributed by atoms with Gasteiger partial charge < -0.3 is 9.88 Å². The molecule has 4 heteroatoms. The third-order valence-corrected chi connectivity index (χ3v) is 3.65. The Labute approximate surface area is 113 Å².